The fraction of sp³-hybridized carbons (Fsp3) is 0.615. The van der Waals surface area contributed by atoms with Gasteiger partial charge in [-0.15, -0.1) is 0 Å². The highest BCUT2D eigenvalue weighted by Gasteiger charge is 2.31. The third kappa shape index (κ3) is 3.58. The second kappa shape index (κ2) is 5.23. The Kier molecular flexibility index (Phi) is 3.89. The normalized spacial score (nSPS) is 29.0. The van der Waals surface area contributed by atoms with E-state index in [9.17, 15) is 5.11 Å². The molecule has 0 spiro atoms. The number of nitrogens with zero attached hydrogens (tertiary/aromatic N) is 1. The molecule has 17 heavy (non-hydrogen) atoms. The molecule has 0 aromatic carbocycles. The van der Waals surface area contributed by atoms with Crippen molar-refractivity contribution >= 4 is 17.4 Å². The second-order valence-corrected chi connectivity index (χ2v) is 5.56. The summed E-state index contributed by atoms with van der Waals surface area (Å²) in [6.45, 7) is 2.81. The summed E-state index contributed by atoms with van der Waals surface area (Å²) in [5.41, 5.74) is -0.576. The molecule has 1 heterocycles. The summed E-state index contributed by atoms with van der Waals surface area (Å²) in [5, 5.41) is 14.2. The fourth-order valence-corrected chi connectivity index (χ4v) is 2.32. The average Bonchev–Trinajstić information content (AvgIpc) is 2.33. The molecule has 1 aromatic heterocycles. The lowest BCUT2D eigenvalue weighted by Gasteiger charge is -2.35. The van der Waals surface area contributed by atoms with E-state index in [1.54, 1.807) is 12.3 Å². The number of aliphatic hydroxyl groups is 1. The van der Waals surface area contributed by atoms with Gasteiger partial charge in [0, 0.05) is 12.7 Å². The van der Waals surface area contributed by atoms with E-state index in [1.165, 1.54) is 0 Å². The molecule has 1 fully saturated rings. The first-order valence-corrected chi connectivity index (χ1v) is 6.53. The highest BCUT2D eigenvalue weighted by molar-refractivity contribution is 6.30. The van der Waals surface area contributed by atoms with Gasteiger partial charge < -0.3 is 10.4 Å². The number of pyridine rings is 1. The van der Waals surface area contributed by atoms with Crippen LogP contribution in [0.25, 0.3) is 0 Å². The zero-order valence-corrected chi connectivity index (χ0v) is 10.9. The topological polar surface area (TPSA) is 45.1 Å². The van der Waals surface area contributed by atoms with E-state index in [0.717, 1.165) is 37.4 Å². The zero-order chi connectivity index (χ0) is 12.3. The molecule has 1 saturated carbocycles. The maximum Gasteiger partial charge on any atom is 0.126 e. The van der Waals surface area contributed by atoms with Crippen molar-refractivity contribution in [1.82, 2.24) is 4.98 Å². The lowest BCUT2D eigenvalue weighted by Crippen LogP contribution is -2.40. The van der Waals surface area contributed by atoms with E-state index in [-0.39, 0.29) is 0 Å². The van der Waals surface area contributed by atoms with E-state index < -0.39 is 5.60 Å². The number of aromatic nitrogens is 1. The molecule has 0 radical (unpaired) electrons. The molecule has 1 aliphatic rings. The van der Waals surface area contributed by atoms with Crippen molar-refractivity contribution in [3.63, 3.8) is 0 Å². The third-order valence-electron chi connectivity index (χ3n) is 3.53. The van der Waals surface area contributed by atoms with Gasteiger partial charge in [-0.25, -0.2) is 4.98 Å². The summed E-state index contributed by atoms with van der Waals surface area (Å²) in [4.78, 5) is 4.15. The Morgan fingerprint density at radius 1 is 1.47 bits per heavy atom. The zero-order valence-electron chi connectivity index (χ0n) is 10.1. The minimum absolute atomic E-state index is 0.564. The number of hydrogen-bond acceptors (Lipinski definition) is 3. The third-order valence-corrected chi connectivity index (χ3v) is 3.75. The van der Waals surface area contributed by atoms with E-state index in [4.69, 9.17) is 11.6 Å². The van der Waals surface area contributed by atoms with Crippen molar-refractivity contribution < 1.29 is 5.11 Å². The smallest absolute Gasteiger partial charge is 0.126 e. The van der Waals surface area contributed by atoms with Gasteiger partial charge in [0.05, 0.1) is 10.6 Å². The highest BCUT2D eigenvalue weighted by Crippen LogP contribution is 2.31. The summed E-state index contributed by atoms with van der Waals surface area (Å²) in [5.74, 6) is 1.50. The number of anilines is 1. The first-order valence-electron chi connectivity index (χ1n) is 6.15. The molecule has 94 valence electrons. The number of halogens is 1. The lowest BCUT2D eigenvalue weighted by molar-refractivity contribution is 0.00495. The number of nitrogens with one attached hydrogen (secondary N) is 1. The average molecular weight is 255 g/mol. The Morgan fingerprint density at radius 3 is 2.76 bits per heavy atom. The predicted molar refractivity (Wildman–Crippen MR) is 70.3 cm³/mol. The SMILES string of the molecule is CC1CCC(O)(CNc2ccc(Cl)cn2)CC1. The van der Waals surface area contributed by atoms with Gasteiger partial charge in [0.15, 0.2) is 0 Å². The van der Waals surface area contributed by atoms with E-state index >= 15 is 0 Å². The Labute approximate surface area is 107 Å². The van der Waals surface area contributed by atoms with Gasteiger partial charge in [-0.1, -0.05) is 18.5 Å². The Hall–Kier alpha value is -0.800. The van der Waals surface area contributed by atoms with Gasteiger partial charge in [-0.05, 0) is 43.7 Å². The van der Waals surface area contributed by atoms with Crippen molar-refractivity contribution in [2.75, 3.05) is 11.9 Å². The molecule has 0 bridgehead atoms. The molecule has 0 saturated heterocycles. The van der Waals surface area contributed by atoms with Crippen molar-refractivity contribution in [2.45, 2.75) is 38.2 Å². The van der Waals surface area contributed by atoms with Gasteiger partial charge in [0.1, 0.15) is 5.82 Å². The van der Waals surface area contributed by atoms with Gasteiger partial charge in [-0.2, -0.15) is 0 Å². The maximum absolute atomic E-state index is 10.4. The lowest BCUT2D eigenvalue weighted by atomic mass is 9.79. The predicted octanol–water partition coefficient (Wildman–Crippen LogP) is 3.09. The summed E-state index contributed by atoms with van der Waals surface area (Å²) in [6.07, 6.45) is 5.55. The fourth-order valence-electron chi connectivity index (χ4n) is 2.21. The van der Waals surface area contributed by atoms with Gasteiger partial charge >= 0.3 is 0 Å². The van der Waals surface area contributed by atoms with Crippen molar-refractivity contribution in [3.8, 4) is 0 Å². The Balaban J connectivity index is 1.87. The monoisotopic (exact) mass is 254 g/mol. The second-order valence-electron chi connectivity index (χ2n) is 5.12. The minimum atomic E-state index is -0.576. The van der Waals surface area contributed by atoms with Crippen LogP contribution < -0.4 is 5.32 Å². The molecular weight excluding hydrogens is 236 g/mol. The van der Waals surface area contributed by atoms with Crippen molar-refractivity contribution in [1.29, 1.82) is 0 Å². The Morgan fingerprint density at radius 2 is 2.18 bits per heavy atom. The van der Waals surface area contributed by atoms with Gasteiger partial charge in [0.2, 0.25) is 0 Å². The quantitative estimate of drug-likeness (QED) is 0.871. The molecule has 0 unspecified atom stereocenters. The van der Waals surface area contributed by atoms with Gasteiger partial charge in [0.25, 0.3) is 0 Å². The largest absolute Gasteiger partial charge is 0.388 e. The molecular formula is C13H19ClN2O. The Bertz CT molecular complexity index is 358. The van der Waals surface area contributed by atoms with Crippen LogP contribution in [0.15, 0.2) is 18.3 Å². The maximum atomic E-state index is 10.4. The van der Waals surface area contributed by atoms with Crippen LogP contribution in [0.4, 0.5) is 5.82 Å². The number of hydrogen-bond donors (Lipinski definition) is 2. The molecule has 1 aliphatic carbocycles. The molecule has 2 N–H and O–H groups in total. The van der Waals surface area contributed by atoms with Crippen LogP contribution in [-0.2, 0) is 0 Å². The first kappa shape index (κ1) is 12.7. The molecule has 0 amide bonds. The van der Waals surface area contributed by atoms with Crippen LogP contribution in [0.3, 0.4) is 0 Å². The van der Waals surface area contributed by atoms with Crippen LogP contribution >= 0.6 is 11.6 Å². The molecule has 4 heteroatoms. The van der Waals surface area contributed by atoms with Crippen LogP contribution in [0.2, 0.25) is 5.02 Å². The summed E-state index contributed by atoms with van der Waals surface area (Å²) in [6, 6.07) is 3.63. The minimum Gasteiger partial charge on any atom is -0.388 e. The summed E-state index contributed by atoms with van der Waals surface area (Å²) < 4.78 is 0. The molecule has 0 atom stereocenters. The standard InChI is InChI=1S/C13H19ClN2O/c1-10-4-6-13(17,7-5-10)9-16-12-3-2-11(14)8-15-12/h2-3,8,10,17H,4-7,9H2,1H3,(H,15,16). The van der Waals surface area contributed by atoms with Gasteiger partial charge in [-0.3, -0.25) is 0 Å². The summed E-state index contributed by atoms with van der Waals surface area (Å²) in [7, 11) is 0. The van der Waals surface area contributed by atoms with Crippen molar-refractivity contribution in [2.24, 2.45) is 5.92 Å². The van der Waals surface area contributed by atoms with Crippen molar-refractivity contribution in [3.05, 3.63) is 23.4 Å². The highest BCUT2D eigenvalue weighted by atomic mass is 35.5. The molecule has 1 aromatic rings. The molecule has 0 aliphatic heterocycles. The van der Waals surface area contributed by atoms with E-state index in [2.05, 4.69) is 17.2 Å². The van der Waals surface area contributed by atoms with Crippen LogP contribution in [0.5, 0.6) is 0 Å². The van der Waals surface area contributed by atoms with Crippen LogP contribution in [0, 0.1) is 5.92 Å². The molecule has 2 rings (SSSR count). The molecule has 3 nitrogen and oxygen atoms in total. The van der Waals surface area contributed by atoms with Crippen LogP contribution in [0.1, 0.15) is 32.6 Å². The van der Waals surface area contributed by atoms with Crippen LogP contribution in [-0.4, -0.2) is 22.2 Å². The van der Waals surface area contributed by atoms with E-state index in [0.29, 0.717) is 11.6 Å². The number of rotatable bonds is 3. The first-order chi connectivity index (χ1) is 8.07. The summed E-state index contributed by atoms with van der Waals surface area (Å²) >= 11 is 5.76. The van der Waals surface area contributed by atoms with E-state index in [1.807, 2.05) is 6.07 Å².